The zero-order valence-electron chi connectivity index (χ0n) is 7.16. The van der Waals surface area contributed by atoms with Crippen LogP contribution in [-0.4, -0.2) is 0 Å². The van der Waals surface area contributed by atoms with Gasteiger partial charge in [0.05, 0.1) is 0 Å². The molecule has 1 aliphatic heterocycles. The first kappa shape index (κ1) is 7.81. The van der Waals surface area contributed by atoms with Gasteiger partial charge in [0.25, 0.3) is 0 Å². The van der Waals surface area contributed by atoms with E-state index < -0.39 is 0 Å². The van der Waals surface area contributed by atoms with Crippen molar-refractivity contribution in [2.24, 2.45) is 0 Å². The number of benzene rings is 1. The van der Waals surface area contributed by atoms with E-state index in [1.807, 2.05) is 0 Å². The van der Waals surface area contributed by atoms with E-state index in [-0.39, 0.29) is 0 Å². The summed E-state index contributed by atoms with van der Waals surface area (Å²) in [4.78, 5) is 0. The highest BCUT2D eigenvalue weighted by molar-refractivity contribution is 5.19. The summed E-state index contributed by atoms with van der Waals surface area (Å²) in [5.74, 6) is 0. The van der Waals surface area contributed by atoms with Gasteiger partial charge in [-0.1, -0.05) is 30.3 Å². The van der Waals surface area contributed by atoms with Crippen LogP contribution >= 0.6 is 0 Å². The normalized spacial score (nSPS) is 23.8. The van der Waals surface area contributed by atoms with Gasteiger partial charge in [0.15, 0.2) is 0 Å². The summed E-state index contributed by atoms with van der Waals surface area (Å²) in [6, 6.07) is 11.2. The number of piperidine rings is 1. The van der Waals surface area contributed by atoms with Crippen molar-refractivity contribution in [3.05, 3.63) is 42.4 Å². The van der Waals surface area contributed by atoms with E-state index >= 15 is 0 Å². The van der Waals surface area contributed by atoms with E-state index in [9.17, 15) is 0 Å². The average Bonchev–Trinajstić information content (AvgIpc) is 2.21. The van der Waals surface area contributed by atoms with Gasteiger partial charge in [-0.05, 0) is 24.8 Å². The predicted octanol–water partition coefficient (Wildman–Crippen LogP) is 2.66. The maximum atomic E-state index is 3.41. The largest absolute Gasteiger partial charge is 0.306 e. The quantitative estimate of drug-likeness (QED) is 0.666. The summed E-state index contributed by atoms with van der Waals surface area (Å²) >= 11 is 0. The molecule has 2 rings (SSSR count). The lowest BCUT2D eigenvalue weighted by molar-refractivity contribution is 0.458. The first-order chi connectivity index (χ1) is 5.97. The topological polar surface area (TPSA) is 12.0 Å². The van der Waals surface area contributed by atoms with Crippen LogP contribution < -0.4 is 5.32 Å². The molecule has 0 aromatic heterocycles. The van der Waals surface area contributed by atoms with Crippen molar-refractivity contribution in [2.45, 2.75) is 25.3 Å². The summed E-state index contributed by atoms with van der Waals surface area (Å²) in [6.07, 6.45) is 3.79. The Morgan fingerprint density at radius 2 is 2.00 bits per heavy atom. The fraction of sp³-hybridized carbons (Fsp3) is 0.364. The van der Waals surface area contributed by atoms with Crippen LogP contribution in [0.2, 0.25) is 0 Å². The van der Waals surface area contributed by atoms with Crippen LogP contribution in [0.3, 0.4) is 0 Å². The molecule has 0 amide bonds. The maximum absolute atomic E-state index is 3.41. The van der Waals surface area contributed by atoms with Gasteiger partial charge in [-0.25, -0.2) is 0 Å². The molecule has 1 nitrogen and oxygen atoms in total. The van der Waals surface area contributed by atoms with Crippen molar-refractivity contribution in [1.29, 1.82) is 0 Å². The van der Waals surface area contributed by atoms with E-state index in [0.29, 0.717) is 6.04 Å². The molecule has 1 aliphatic rings. The zero-order chi connectivity index (χ0) is 8.23. The van der Waals surface area contributed by atoms with Crippen LogP contribution in [-0.2, 0) is 0 Å². The van der Waals surface area contributed by atoms with Crippen LogP contribution in [0.4, 0.5) is 0 Å². The Morgan fingerprint density at radius 1 is 1.17 bits per heavy atom. The van der Waals surface area contributed by atoms with Crippen molar-refractivity contribution in [1.82, 2.24) is 5.32 Å². The summed E-state index contributed by atoms with van der Waals surface area (Å²) in [5, 5.41) is 3.41. The van der Waals surface area contributed by atoms with Crippen molar-refractivity contribution < 1.29 is 0 Å². The molecule has 1 saturated heterocycles. The van der Waals surface area contributed by atoms with E-state index in [1.165, 1.54) is 24.8 Å². The van der Waals surface area contributed by atoms with Crippen LogP contribution in [0, 0.1) is 6.54 Å². The monoisotopic (exact) mass is 160 g/mol. The average molecular weight is 160 g/mol. The molecular formula is C11H14N. The summed E-state index contributed by atoms with van der Waals surface area (Å²) in [5.41, 5.74) is 1.41. The molecule has 1 unspecified atom stereocenters. The Hall–Kier alpha value is -0.820. The molecule has 0 aliphatic carbocycles. The summed E-state index contributed by atoms with van der Waals surface area (Å²) in [6.45, 7) is 2.18. The van der Waals surface area contributed by atoms with Gasteiger partial charge in [-0.3, -0.25) is 0 Å². The second-order valence-corrected chi connectivity index (χ2v) is 3.26. The second-order valence-electron chi connectivity index (χ2n) is 3.26. The summed E-state index contributed by atoms with van der Waals surface area (Å²) in [7, 11) is 0. The van der Waals surface area contributed by atoms with Crippen molar-refractivity contribution in [2.75, 3.05) is 0 Å². The third-order valence-corrected chi connectivity index (χ3v) is 2.36. The SMILES string of the molecule is [CH]1CCCC(c2ccccc2)N1. The highest BCUT2D eigenvalue weighted by atomic mass is 14.9. The molecule has 12 heavy (non-hydrogen) atoms. The lowest BCUT2D eigenvalue weighted by Crippen LogP contribution is -2.22. The molecule has 0 bridgehead atoms. The first-order valence-corrected chi connectivity index (χ1v) is 4.59. The van der Waals surface area contributed by atoms with Gasteiger partial charge in [0.2, 0.25) is 0 Å². The molecule has 0 spiro atoms. The second kappa shape index (κ2) is 3.72. The van der Waals surface area contributed by atoms with Crippen LogP contribution in [0.15, 0.2) is 30.3 Å². The molecular weight excluding hydrogens is 146 g/mol. The standard InChI is InChI=1S/C11H14N/c1-2-6-10(7-3-1)11-8-4-5-9-12-11/h1-3,6-7,9,11-12H,4-5,8H2. The number of hydrogen-bond acceptors (Lipinski definition) is 1. The molecule has 1 radical (unpaired) electrons. The van der Waals surface area contributed by atoms with Gasteiger partial charge in [-0.2, -0.15) is 0 Å². The highest BCUT2D eigenvalue weighted by Gasteiger charge is 2.13. The highest BCUT2D eigenvalue weighted by Crippen LogP contribution is 2.23. The molecule has 1 aromatic rings. The molecule has 1 aromatic carbocycles. The number of hydrogen-bond donors (Lipinski definition) is 1. The van der Waals surface area contributed by atoms with Crippen molar-refractivity contribution in [3.8, 4) is 0 Å². The zero-order valence-corrected chi connectivity index (χ0v) is 7.16. The fourth-order valence-electron chi connectivity index (χ4n) is 1.68. The first-order valence-electron chi connectivity index (χ1n) is 4.59. The predicted molar refractivity (Wildman–Crippen MR) is 50.5 cm³/mol. The van der Waals surface area contributed by atoms with Gasteiger partial charge in [0.1, 0.15) is 0 Å². The lowest BCUT2D eigenvalue weighted by atomic mass is 9.98. The van der Waals surface area contributed by atoms with Crippen LogP contribution in [0.25, 0.3) is 0 Å². The molecule has 1 atom stereocenters. The molecule has 0 saturated carbocycles. The van der Waals surface area contributed by atoms with Gasteiger partial charge >= 0.3 is 0 Å². The molecule has 1 fully saturated rings. The van der Waals surface area contributed by atoms with Crippen molar-refractivity contribution in [3.63, 3.8) is 0 Å². The Bertz CT molecular complexity index is 224. The Labute approximate surface area is 73.8 Å². The fourth-order valence-corrected chi connectivity index (χ4v) is 1.68. The lowest BCUT2D eigenvalue weighted by Gasteiger charge is -2.23. The number of rotatable bonds is 1. The van der Waals surface area contributed by atoms with Gasteiger partial charge < -0.3 is 5.32 Å². The minimum absolute atomic E-state index is 0.556. The maximum Gasteiger partial charge on any atom is 0.0323 e. The van der Waals surface area contributed by atoms with Gasteiger partial charge in [-0.15, -0.1) is 0 Å². The third kappa shape index (κ3) is 1.67. The number of nitrogens with one attached hydrogen (secondary N) is 1. The van der Waals surface area contributed by atoms with Gasteiger partial charge in [0, 0.05) is 12.6 Å². The summed E-state index contributed by atoms with van der Waals surface area (Å²) < 4.78 is 0. The van der Waals surface area contributed by atoms with E-state index in [4.69, 9.17) is 0 Å². The minimum atomic E-state index is 0.556. The Kier molecular flexibility index (Phi) is 2.42. The van der Waals surface area contributed by atoms with E-state index in [1.54, 1.807) is 0 Å². The molecule has 1 heterocycles. The smallest absolute Gasteiger partial charge is 0.0323 e. The van der Waals surface area contributed by atoms with Crippen LogP contribution in [0.1, 0.15) is 30.9 Å². The van der Waals surface area contributed by atoms with E-state index in [0.717, 1.165) is 0 Å². The molecule has 1 heteroatoms. The molecule has 1 N–H and O–H groups in total. The Morgan fingerprint density at radius 3 is 2.67 bits per heavy atom. The Balaban J connectivity index is 2.08. The minimum Gasteiger partial charge on any atom is -0.306 e. The van der Waals surface area contributed by atoms with E-state index in [2.05, 4.69) is 42.2 Å². The molecule has 63 valence electrons. The van der Waals surface area contributed by atoms with Crippen molar-refractivity contribution >= 4 is 0 Å². The third-order valence-electron chi connectivity index (χ3n) is 2.36. The van der Waals surface area contributed by atoms with Crippen LogP contribution in [0.5, 0.6) is 0 Å².